The van der Waals surface area contributed by atoms with Crippen molar-refractivity contribution in [2.24, 2.45) is 0 Å². The van der Waals surface area contributed by atoms with Crippen molar-refractivity contribution in [1.82, 2.24) is 0 Å². The molecule has 0 aliphatic heterocycles. The van der Waals surface area contributed by atoms with Crippen molar-refractivity contribution in [3.05, 3.63) is 46.2 Å². The first-order valence-corrected chi connectivity index (χ1v) is 7.53. The van der Waals surface area contributed by atoms with Gasteiger partial charge in [0.15, 0.2) is 12.4 Å². The number of ether oxygens (including phenoxy) is 2. The van der Waals surface area contributed by atoms with Crippen LogP contribution >= 0.6 is 11.3 Å². The number of hydrogen-bond donors (Lipinski definition) is 1. The number of Topliss-reactive ketones (excluding diaryl/α,β-unsaturated/α-hetero) is 1. The molecule has 1 aromatic carbocycles. The molecule has 2 aromatic rings. The Morgan fingerprint density at radius 1 is 1.09 bits per heavy atom. The average Bonchev–Trinajstić information content (AvgIpc) is 3.03. The topological polar surface area (TPSA) is 81.7 Å². The van der Waals surface area contributed by atoms with Crippen LogP contribution in [0.15, 0.2) is 36.4 Å². The number of rotatable bonds is 6. The zero-order valence-corrected chi connectivity index (χ0v) is 13.4. The number of para-hydroxylation sites is 2. The van der Waals surface area contributed by atoms with Crippen LogP contribution in [-0.2, 0) is 9.53 Å². The van der Waals surface area contributed by atoms with Gasteiger partial charge < -0.3 is 14.8 Å². The monoisotopic (exact) mass is 333 g/mol. The minimum atomic E-state index is -0.641. The second-order valence-electron chi connectivity index (χ2n) is 4.54. The third kappa shape index (κ3) is 4.40. The fraction of sp³-hybridized carbons (Fsp3) is 0.188. The van der Waals surface area contributed by atoms with Crippen molar-refractivity contribution in [3.63, 3.8) is 0 Å². The van der Waals surface area contributed by atoms with Crippen molar-refractivity contribution in [2.45, 2.75) is 6.92 Å². The van der Waals surface area contributed by atoms with Gasteiger partial charge in [0.25, 0.3) is 5.91 Å². The molecule has 6 nitrogen and oxygen atoms in total. The van der Waals surface area contributed by atoms with E-state index in [-0.39, 0.29) is 10.7 Å². The van der Waals surface area contributed by atoms with E-state index in [1.807, 2.05) is 0 Å². The molecule has 2 rings (SSSR count). The number of nitrogens with one attached hydrogen (secondary N) is 1. The van der Waals surface area contributed by atoms with Crippen molar-refractivity contribution in [3.8, 4) is 5.75 Å². The van der Waals surface area contributed by atoms with E-state index in [4.69, 9.17) is 9.47 Å². The summed E-state index contributed by atoms with van der Waals surface area (Å²) in [5.41, 5.74) is 0.492. The molecule has 0 fully saturated rings. The van der Waals surface area contributed by atoms with Gasteiger partial charge in [-0.15, -0.1) is 11.3 Å². The van der Waals surface area contributed by atoms with Crippen LogP contribution in [0.25, 0.3) is 0 Å². The van der Waals surface area contributed by atoms with E-state index in [9.17, 15) is 14.4 Å². The summed E-state index contributed by atoms with van der Waals surface area (Å²) in [5.74, 6) is -0.733. The molecule has 0 atom stereocenters. The van der Waals surface area contributed by atoms with Crippen LogP contribution < -0.4 is 10.1 Å². The number of thiophene rings is 1. The maximum Gasteiger partial charge on any atom is 0.348 e. The Morgan fingerprint density at radius 3 is 2.43 bits per heavy atom. The molecule has 1 amide bonds. The van der Waals surface area contributed by atoms with Crippen molar-refractivity contribution < 1.29 is 23.9 Å². The van der Waals surface area contributed by atoms with Gasteiger partial charge in [-0.05, 0) is 31.2 Å². The summed E-state index contributed by atoms with van der Waals surface area (Å²) >= 11 is 1.04. The molecule has 1 aromatic heterocycles. The lowest BCUT2D eigenvalue weighted by atomic mass is 10.3. The summed E-state index contributed by atoms with van der Waals surface area (Å²) in [5, 5.41) is 2.60. The molecule has 0 unspecified atom stereocenters. The Bertz CT molecular complexity index is 738. The van der Waals surface area contributed by atoms with Gasteiger partial charge in [-0.25, -0.2) is 4.79 Å². The molecular weight excluding hydrogens is 318 g/mol. The van der Waals surface area contributed by atoms with Gasteiger partial charge in [0.1, 0.15) is 10.6 Å². The standard InChI is InChI=1S/C16H15NO5S/c1-10(18)13-7-8-14(23-13)16(20)22-9-15(19)17-11-5-3-4-6-12(11)21-2/h3-8H,9H2,1-2H3,(H,17,19). The smallest absolute Gasteiger partial charge is 0.348 e. The van der Waals surface area contributed by atoms with E-state index in [1.54, 1.807) is 30.3 Å². The van der Waals surface area contributed by atoms with Gasteiger partial charge in [-0.3, -0.25) is 9.59 Å². The minimum absolute atomic E-state index is 0.122. The van der Waals surface area contributed by atoms with Crippen LogP contribution in [0.3, 0.4) is 0 Å². The minimum Gasteiger partial charge on any atom is -0.495 e. The first kappa shape index (κ1) is 16.7. The number of esters is 1. The molecule has 0 spiro atoms. The number of benzene rings is 1. The number of anilines is 1. The normalized spacial score (nSPS) is 10.0. The lowest BCUT2D eigenvalue weighted by molar-refractivity contribution is -0.119. The molecule has 1 N–H and O–H groups in total. The van der Waals surface area contributed by atoms with Crippen LogP contribution in [0.4, 0.5) is 5.69 Å². The van der Waals surface area contributed by atoms with Crippen molar-refractivity contribution in [1.29, 1.82) is 0 Å². The highest BCUT2D eigenvalue weighted by molar-refractivity contribution is 7.15. The predicted molar refractivity (Wildman–Crippen MR) is 86.2 cm³/mol. The predicted octanol–water partition coefficient (Wildman–Crippen LogP) is 2.75. The van der Waals surface area contributed by atoms with Gasteiger partial charge in [0.05, 0.1) is 17.7 Å². The Labute approximate surface area is 137 Å². The van der Waals surface area contributed by atoms with Gasteiger partial charge in [0, 0.05) is 0 Å². The fourth-order valence-corrected chi connectivity index (χ4v) is 2.57. The number of methoxy groups -OCH3 is 1. The van der Waals surface area contributed by atoms with Crippen LogP contribution in [0.5, 0.6) is 5.75 Å². The molecule has 1 heterocycles. The largest absolute Gasteiger partial charge is 0.495 e. The first-order valence-electron chi connectivity index (χ1n) is 6.72. The van der Waals surface area contributed by atoms with Gasteiger partial charge >= 0.3 is 5.97 Å². The Hall–Kier alpha value is -2.67. The number of amides is 1. The third-order valence-electron chi connectivity index (χ3n) is 2.87. The zero-order chi connectivity index (χ0) is 16.8. The molecule has 120 valence electrons. The van der Waals surface area contributed by atoms with E-state index < -0.39 is 18.5 Å². The van der Waals surface area contributed by atoms with E-state index in [1.165, 1.54) is 20.1 Å². The Kier molecular flexibility index (Phi) is 5.48. The van der Waals surface area contributed by atoms with E-state index in [2.05, 4.69) is 5.32 Å². The summed E-state index contributed by atoms with van der Waals surface area (Å²) in [6, 6.07) is 9.96. The van der Waals surface area contributed by atoms with Crippen molar-refractivity contribution >= 4 is 34.7 Å². The molecule has 23 heavy (non-hydrogen) atoms. The number of carbonyl (C=O) groups is 3. The van der Waals surface area contributed by atoms with Crippen LogP contribution in [0.1, 0.15) is 26.3 Å². The van der Waals surface area contributed by atoms with E-state index in [0.29, 0.717) is 16.3 Å². The van der Waals surface area contributed by atoms with E-state index in [0.717, 1.165) is 11.3 Å². The zero-order valence-electron chi connectivity index (χ0n) is 12.6. The van der Waals surface area contributed by atoms with Gasteiger partial charge in [-0.2, -0.15) is 0 Å². The van der Waals surface area contributed by atoms with Gasteiger partial charge in [0.2, 0.25) is 0 Å². The molecule has 0 bridgehead atoms. The highest BCUT2D eigenvalue weighted by Gasteiger charge is 2.15. The maximum absolute atomic E-state index is 11.8. The van der Waals surface area contributed by atoms with Crippen molar-refractivity contribution in [2.75, 3.05) is 19.0 Å². The summed E-state index contributed by atoms with van der Waals surface area (Å²) in [4.78, 5) is 35.6. The summed E-state index contributed by atoms with van der Waals surface area (Å²) in [6.07, 6.45) is 0. The molecule has 7 heteroatoms. The number of hydrogen-bond acceptors (Lipinski definition) is 6. The second kappa shape index (κ2) is 7.55. The molecule has 0 aliphatic rings. The average molecular weight is 333 g/mol. The SMILES string of the molecule is COc1ccccc1NC(=O)COC(=O)c1ccc(C(C)=O)s1. The molecule has 0 saturated heterocycles. The van der Waals surface area contributed by atoms with E-state index >= 15 is 0 Å². The van der Waals surface area contributed by atoms with Crippen LogP contribution in [0, 0.1) is 0 Å². The molecule has 0 saturated carbocycles. The highest BCUT2D eigenvalue weighted by Crippen LogP contribution is 2.23. The maximum atomic E-state index is 11.8. The second-order valence-corrected chi connectivity index (χ2v) is 5.63. The van der Waals surface area contributed by atoms with Gasteiger partial charge in [-0.1, -0.05) is 12.1 Å². The van der Waals surface area contributed by atoms with Crippen LogP contribution in [-0.4, -0.2) is 31.4 Å². The molecule has 0 aliphatic carbocycles. The highest BCUT2D eigenvalue weighted by atomic mass is 32.1. The summed E-state index contributed by atoms with van der Waals surface area (Å²) in [6.45, 7) is 0.992. The number of ketones is 1. The lowest BCUT2D eigenvalue weighted by Gasteiger charge is -2.09. The molecule has 0 radical (unpaired) electrons. The fourth-order valence-electron chi connectivity index (χ4n) is 1.77. The first-order chi connectivity index (χ1) is 11.0. The molecular formula is C16H15NO5S. The Balaban J connectivity index is 1.90. The quantitative estimate of drug-likeness (QED) is 0.649. The summed E-state index contributed by atoms with van der Waals surface area (Å²) < 4.78 is 10.0. The number of carbonyl (C=O) groups excluding carboxylic acids is 3. The lowest BCUT2D eigenvalue weighted by Crippen LogP contribution is -2.20. The Morgan fingerprint density at radius 2 is 1.78 bits per heavy atom. The third-order valence-corrected chi connectivity index (χ3v) is 4.04. The van der Waals surface area contributed by atoms with Crippen LogP contribution in [0.2, 0.25) is 0 Å². The summed E-state index contributed by atoms with van der Waals surface area (Å²) in [7, 11) is 1.49.